The first-order chi connectivity index (χ1) is 9.10. The highest BCUT2D eigenvalue weighted by Crippen LogP contribution is 2.26. The second-order valence-corrected chi connectivity index (χ2v) is 4.33. The van der Waals surface area contributed by atoms with Crippen molar-refractivity contribution in [2.45, 2.75) is 0 Å². The molecule has 0 aliphatic heterocycles. The maximum atomic E-state index is 11.1. The number of carbonyl (C=O) groups excluding carboxylic acids is 1. The smallest absolute Gasteiger partial charge is 0.277 e. The van der Waals surface area contributed by atoms with Gasteiger partial charge >= 0.3 is 0 Å². The molecule has 2 aromatic rings. The van der Waals surface area contributed by atoms with Crippen molar-refractivity contribution >= 4 is 40.7 Å². The van der Waals surface area contributed by atoms with E-state index in [9.17, 15) is 4.79 Å². The Morgan fingerprint density at radius 3 is 2.47 bits per heavy atom. The van der Waals surface area contributed by atoms with Gasteiger partial charge in [0, 0.05) is 17.4 Å². The second kappa shape index (κ2) is 5.83. The standard InChI is InChI=1S/C11H8Cl2N4O2/c12-7-1-2-9(8(13)3-7)16-11-14-4-6(5-15-11)10(18)17-19/h1-5,19H,(H,17,18)(H,14,15,16). The summed E-state index contributed by atoms with van der Waals surface area (Å²) in [7, 11) is 0. The fraction of sp³-hybridized carbons (Fsp3) is 0. The lowest BCUT2D eigenvalue weighted by Gasteiger charge is -2.07. The maximum absolute atomic E-state index is 11.1. The van der Waals surface area contributed by atoms with E-state index in [1.165, 1.54) is 17.9 Å². The SMILES string of the molecule is O=C(NO)c1cnc(Nc2ccc(Cl)cc2Cl)nc1. The Balaban J connectivity index is 2.17. The first-order valence-corrected chi connectivity index (χ1v) is 5.84. The Kier molecular flexibility index (Phi) is 4.16. The zero-order valence-corrected chi connectivity index (χ0v) is 10.9. The molecule has 0 atom stereocenters. The predicted molar refractivity (Wildman–Crippen MR) is 71.0 cm³/mol. The van der Waals surface area contributed by atoms with Crippen LogP contribution < -0.4 is 10.8 Å². The van der Waals surface area contributed by atoms with Crippen LogP contribution in [0.25, 0.3) is 0 Å². The van der Waals surface area contributed by atoms with E-state index < -0.39 is 5.91 Å². The van der Waals surface area contributed by atoms with Gasteiger partial charge in [-0.1, -0.05) is 23.2 Å². The van der Waals surface area contributed by atoms with Crippen molar-refractivity contribution in [3.63, 3.8) is 0 Å². The van der Waals surface area contributed by atoms with Crippen LogP contribution >= 0.6 is 23.2 Å². The molecule has 0 saturated carbocycles. The molecule has 1 heterocycles. The van der Waals surface area contributed by atoms with E-state index in [-0.39, 0.29) is 11.5 Å². The summed E-state index contributed by atoms with van der Waals surface area (Å²) in [6.07, 6.45) is 2.54. The third kappa shape index (κ3) is 3.31. The van der Waals surface area contributed by atoms with Crippen molar-refractivity contribution < 1.29 is 10.0 Å². The summed E-state index contributed by atoms with van der Waals surface area (Å²) in [4.78, 5) is 18.9. The third-order valence-corrected chi connectivity index (χ3v) is 2.74. The highest BCUT2D eigenvalue weighted by molar-refractivity contribution is 6.36. The molecule has 19 heavy (non-hydrogen) atoms. The summed E-state index contributed by atoms with van der Waals surface area (Å²) >= 11 is 11.8. The maximum Gasteiger partial charge on any atom is 0.277 e. The molecular formula is C11H8Cl2N4O2. The van der Waals surface area contributed by atoms with E-state index >= 15 is 0 Å². The summed E-state index contributed by atoms with van der Waals surface area (Å²) in [6.45, 7) is 0. The lowest BCUT2D eigenvalue weighted by molar-refractivity contribution is 0.0705. The minimum absolute atomic E-state index is 0.134. The van der Waals surface area contributed by atoms with Crippen LogP contribution in [-0.2, 0) is 0 Å². The van der Waals surface area contributed by atoms with Gasteiger partial charge in [0.1, 0.15) is 0 Å². The number of hydroxylamine groups is 1. The zero-order valence-electron chi connectivity index (χ0n) is 9.39. The molecule has 0 saturated heterocycles. The number of rotatable bonds is 3. The van der Waals surface area contributed by atoms with Crippen LogP contribution in [0.4, 0.5) is 11.6 Å². The van der Waals surface area contributed by atoms with Gasteiger partial charge in [-0.05, 0) is 18.2 Å². The van der Waals surface area contributed by atoms with E-state index in [0.717, 1.165) is 0 Å². The number of carbonyl (C=O) groups is 1. The number of hydrogen-bond donors (Lipinski definition) is 3. The van der Waals surface area contributed by atoms with Gasteiger partial charge in [-0.3, -0.25) is 10.0 Å². The van der Waals surface area contributed by atoms with Gasteiger partial charge in [0.15, 0.2) is 0 Å². The van der Waals surface area contributed by atoms with E-state index in [1.54, 1.807) is 18.2 Å². The number of amides is 1. The van der Waals surface area contributed by atoms with Crippen LogP contribution in [0, 0.1) is 0 Å². The molecule has 6 nitrogen and oxygen atoms in total. The first kappa shape index (κ1) is 13.5. The number of nitrogens with zero attached hydrogens (tertiary/aromatic N) is 2. The van der Waals surface area contributed by atoms with Gasteiger partial charge in [0.2, 0.25) is 5.95 Å². The molecule has 0 fully saturated rings. The normalized spacial score (nSPS) is 10.1. The predicted octanol–water partition coefficient (Wildman–Crippen LogP) is 2.65. The monoisotopic (exact) mass is 298 g/mol. The van der Waals surface area contributed by atoms with Crippen LogP contribution in [0.1, 0.15) is 10.4 Å². The molecule has 98 valence electrons. The summed E-state index contributed by atoms with van der Waals surface area (Å²) in [5.74, 6) is -0.421. The number of anilines is 2. The molecule has 0 aliphatic carbocycles. The Labute approximate surface area is 118 Å². The molecule has 0 aliphatic rings. The average molecular weight is 299 g/mol. The van der Waals surface area contributed by atoms with Gasteiger partial charge in [-0.15, -0.1) is 0 Å². The minimum Gasteiger partial charge on any atom is -0.323 e. The van der Waals surface area contributed by atoms with Gasteiger partial charge in [-0.25, -0.2) is 15.4 Å². The highest BCUT2D eigenvalue weighted by Gasteiger charge is 2.07. The van der Waals surface area contributed by atoms with Crippen molar-refractivity contribution in [1.82, 2.24) is 15.4 Å². The molecule has 0 spiro atoms. The quantitative estimate of drug-likeness (QED) is 0.599. The van der Waals surface area contributed by atoms with E-state index in [2.05, 4.69) is 15.3 Å². The van der Waals surface area contributed by atoms with Crippen molar-refractivity contribution in [3.05, 3.63) is 46.2 Å². The van der Waals surface area contributed by atoms with Crippen molar-refractivity contribution in [3.8, 4) is 0 Å². The topological polar surface area (TPSA) is 87.1 Å². The van der Waals surface area contributed by atoms with Crippen molar-refractivity contribution in [2.24, 2.45) is 0 Å². The molecule has 0 bridgehead atoms. The number of hydrogen-bond acceptors (Lipinski definition) is 5. The van der Waals surface area contributed by atoms with Crippen LogP contribution in [0.5, 0.6) is 0 Å². The summed E-state index contributed by atoms with van der Waals surface area (Å²) in [6, 6.07) is 4.94. The highest BCUT2D eigenvalue weighted by atomic mass is 35.5. The molecule has 2 rings (SSSR count). The average Bonchev–Trinajstić information content (AvgIpc) is 2.42. The molecule has 8 heteroatoms. The fourth-order valence-corrected chi connectivity index (χ4v) is 1.74. The van der Waals surface area contributed by atoms with Crippen molar-refractivity contribution in [2.75, 3.05) is 5.32 Å². The number of halogens is 2. The minimum atomic E-state index is -0.684. The Hall–Kier alpha value is -1.89. The number of nitrogens with one attached hydrogen (secondary N) is 2. The lowest BCUT2D eigenvalue weighted by Crippen LogP contribution is -2.19. The van der Waals surface area contributed by atoms with Crippen LogP contribution in [0.2, 0.25) is 10.0 Å². The van der Waals surface area contributed by atoms with Crippen LogP contribution in [0.3, 0.4) is 0 Å². The van der Waals surface area contributed by atoms with Gasteiger partial charge < -0.3 is 5.32 Å². The van der Waals surface area contributed by atoms with E-state index in [0.29, 0.717) is 15.7 Å². The molecule has 0 unspecified atom stereocenters. The number of aromatic nitrogens is 2. The molecule has 1 amide bonds. The van der Waals surface area contributed by atoms with Gasteiger partial charge in [0.05, 0.1) is 16.3 Å². The van der Waals surface area contributed by atoms with Gasteiger partial charge in [-0.2, -0.15) is 0 Å². The van der Waals surface area contributed by atoms with E-state index in [1.807, 2.05) is 0 Å². The molecule has 3 N–H and O–H groups in total. The summed E-state index contributed by atoms with van der Waals surface area (Å²) in [5.41, 5.74) is 2.21. The second-order valence-electron chi connectivity index (χ2n) is 3.49. The molecule has 1 aromatic carbocycles. The molecule has 1 aromatic heterocycles. The summed E-state index contributed by atoms with van der Waals surface area (Å²) < 4.78 is 0. The molecule has 0 radical (unpaired) electrons. The third-order valence-electron chi connectivity index (χ3n) is 2.19. The Morgan fingerprint density at radius 1 is 1.21 bits per heavy atom. The lowest BCUT2D eigenvalue weighted by atomic mass is 10.3. The zero-order chi connectivity index (χ0) is 13.8. The van der Waals surface area contributed by atoms with Crippen LogP contribution in [-0.4, -0.2) is 21.1 Å². The van der Waals surface area contributed by atoms with Crippen molar-refractivity contribution in [1.29, 1.82) is 0 Å². The number of benzene rings is 1. The fourth-order valence-electron chi connectivity index (χ4n) is 1.29. The largest absolute Gasteiger partial charge is 0.323 e. The van der Waals surface area contributed by atoms with E-state index in [4.69, 9.17) is 28.4 Å². The Bertz CT molecular complexity index is 604. The summed E-state index contributed by atoms with van der Waals surface area (Å²) in [5, 5.41) is 12.3. The Morgan fingerprint density at radius 2 is 1.89 bits per heavy atom. The van der Waals surface area contributed by atoms with Crippen LogP contribution in [0.15, 0.2) is 30.6 Å². The first-order valence-electron chi connectivity index (χ1n) is 5.08. The van der Waals surface area contributed by atoms with Gasteiger partial charge in [0.25, 0.3) is 5.91 Å². The molecular weight excluding hydrogens is 291 g/mol.